The van der Waals surface area contributed by atoms with Crippen LogP contribution in [0, 0.1) is 0 Å². The Morgan fingerprint density at radius 1 is 1.28 bits per heavy atom. The first-order valence-electron chi connectivity index (χ1n) is 5.43. The summed E-state index contributed by atoms with van der Waals surface area (Å²) in [7, 11) is 17.6. The number of halogens is 1. The van der Waals surface area contributed by atoms with Crippen LogP contribution in [0.2, 0.25) is 10.2 Å². The summed E-state index contributed by atoms with van der Waals surface area (Å²) in [5, 5.41) is -1.10. The first kappa shape index (κ1) is 13.5. The molecule has 1 aliphatic rings. The maximum absolute atomic E-state index is 12.3. The lowest BCUT2D eigenvalue weighted by Crippen LogP contribution is -2.57. The van der Waals surface area contributed by atoms with Crippen LogP contribution in [0.4, 0.5) is 0 Å². The highest BCUT2D eigenvalue weighted by atomic mass is 35.5. The van der Waals surface area contributed by atoms with Crippen molar-refractivity contribution in [3.63, 3.8) is 0 Å². The van der Waals surface area contributed by atoms with E-state index in [-0.39, 0.29) is 11.9 Å². The minimum absolute atomic E-state index is 0.0592. The molecule has 6 radical (unpaired) electrons. The molecule has 1 aliphatic carbocycles. The third-order valence-corrected chi connectivity index (χ3v) is 3.64. The van der Waals surface area contributed by atoms with E-state index in [0.29, 0.717) is 10.6 Å². The molecule has 1 atom stereocenters. The van der Waals surface area contributed by atoms with E-state index in [2.05, 4.69) is 0 Å². The van der Waals surface area contributed by atoms with Crippen molar-refractivity contribution in [2.24, 2.45) is 5.73 Å². The Labute approximate surface area is 115 Å². The molecule has 0 aromatic heterocycles. The van der Waals surface area contributed by atoms with Crippen molar-refractivity contribution in [2.75, 3.05) is 0 Å². The van der Waals surface area contributed by atoms with Crippen LogP contribution in [0.5, 0.6) is 0 Å². The zero-order chi connectivity index (χ0) is 13.6. The van der Waals surface area contributed by atoms with Crippen molar-refractivity contribution < 1.29 is 4.79 Å². The van der Waals surface area contributed by atoms with Gasteiger partial charge in [0.2, 0.25) is 0 Å². The van der Waals surface area contributed by atoms with Gasteiger partial charge in [-0.3, -0.25) is 4.79 Å². The molecule has 2 nitrogen and oxygen atoms in total. The summed E-state index contributed by atoms with van der Waals surface area (Å²) >= 11 is 6.08. The van der Waals surface area contributed by atoms with Crippen LogP contribution in [-0.4, -0.2) is 29.3 Å². The van der Waals surface area contributed by atoms with E-state index in [0.717, 1.165) is 0 Å². The quantitative estimate of drug-likeness (QED) is 0.756. The lowest BCUT2D eigenvalue weighted by Gasteiger charge is -2.47. The van der Waals surface area contributed by atoms with Crippen LogP contribution >= 0.6 is 11.6 Å². The van der Waals surface area contributed by atoms with Gasteiger partial charge >= 0.3 is 0 Å². The van der Waals surface area contributed by atoms with E-state index in [1.807, 2.05) is 0 Å². The fraction of sp³-hybridized carbons (Fsp3) is 0.250. The first-order valence-corrected chi connectivity index (χ1v) is 5.80. The summed E-state index contributed by atoms with van der Waals surface area (Å²) in [6.45, 7) is 0. The fourth-order valence-corrected chi connectivity index (χ4v) is 2.41. The van der Waals surface area contributed by atoms with Crippen LogP contribution < -0.4 is 5.73 Å². The summed E-state index contributed by atoms with van der Waals surface area (Å²) in [6, 6.07) is 6.71. The standard InChI is InChI=1S/C12H9B3ClNO/c13-8-5-6-11(14,15)12(17,10(8)18)7-3-1-2-4-9(7)16/h1-5H,6,17H2. The molecule has 18 heavy (non-hydrogen) atoms. The number of allylic oxidation sites excluding steroid dienone is 1. The van der Waals surface area contributed by atoms with Gasteiger partial charge in [-0.25, -0.2) is 0 Å². The molecule has 2 N–H and O–H groups in total. The van der Waals surface area contributed by atoms with Crippen LogP contribution in [0.1, 0.15) is 12.0 Å². The van der Waals surface area contributed by atoms with Gasteiger partial charge in [0.05, 0.1) is 21.2 Å². The van der Waals surface area contributed by atoms with Crippen molar-refractivity contribution in [3.8, 4) is 0 Å². The largest absolute Gasteiger partial charge is 0.316 e. The summed E-state index contributed by atoms with van der Waals surface area (Å²) in [5.41, 5.74) is 5.01. The molecule has 0 saturated heterocycles. The fourth-order valence-electron chi connectivity index (χ4n) is 2.13. The molecule has 1 aromatic carbocycles. The zero-order valence-electron chi connectivity index (χ0n) is 9.69. The molecule has 0 fully saturated rings. The number of hydrogen-bond donors (Lipinski definition) is 1. The van der Waals surface area contributed by atoms with Crippen LogP contribution in [0.15, 0.2) is 35.8 Å². The van der Waals surface area contributed by atoms with Crippen molar-refractivity contribution in [2.45, 2.75) is 17.2 Å². The van der Waals surface area contributed by atoms with Crippen molar-refractivity contribution in [3.05, 3.63) is 46.4 Å². The number of benzene rings is 1. The SMILES string of the molecule is [B]C1=CCC([B])([B])C(N)(c2ccccc2Cl)C1=O. The van der Waals surface area contributed by atoms with Gasteiger partial charge in [0.25, 0.3) is 0 Å². The first-order chi connectivity index (χ1) is 8.30. The maximum atomic E-state index is 12.3. The number of nitrogens with two attached hydrogens (primary N) is 1. The van der Waals surface area contributed by atoms with Gasteiger partial charge in [0.1, 0.15) is 7.85 Å². The highest BCUT2D eigenvalue weighted by Gasteiger charge is 2.50. The van der Waals surface area contributed by atoms with Gasteiger partial charge in [0, 0.05) is 5.02 Å². The topological polar surface area (TPSA) is 43.1 Å². The minimum atomic E-state index is -1.62. The number of Topliss-reactive ketones (excluding diaryl/α,β-unsaturated/α-hetero) is 1. The number of hydrogen-bond acceptors (Lipinski definition) is 2. The Hall–Kier alpha value is -0.925. The second-order valence-electron chi connectivity index (χ2n) is 4.52. The van der Waals surface area contributed by atoms with E-state index in [1.165, 1.54) is 6.08 Å². The lowest BCUT2D eigenvalue weighted by atomic mass is 9.39. The lowest BCUT2D eigenvalue weighted by molar-refractivity contribution is -0.121. The minimum Gasteiger partial charge on any atom is -0.316 e. The highest BCUT2D eigenvalue weighted by Crippen LogP contribution is 2.48. The number of carbonyl (C=O) groups excluding carboxylic acids is 1. The van der Waals surface area contributed by atoms with Crippen molar-refractivity contribution >= 4 is 40.9 Å². The Balaban J connectivity index is 2.68. The normalized spacial score (nSPS) is 26.8. The molecule has 1 unspecified atom stereocenters. The van der Waals surface area contributed by atoms with Crippen molar-refractivity contribution in [1.82, 2.24) is 0 Å². The maximum Gasteiger partial charge on any atom is 0.171 e. The van der Waals surface area contributed by atoms with Gasteiger partial charge in [-0.1, -0.05) is 46.6 Å². The Morgan fingerprint density at radius 2 is 1.89 bits per heavy atom. The predicted molar refractivity (Wildman–Crippen MR) is 75.0 cm³/mol. The molecule has 0 saturated carbocycles. The molecule has 6 heteroatoms. The predicted octanol–water partition coefficient (Wildman–Crippen LogP) is 0.972. The third kappa shape index (κ3) is 1.77. The summed E-state index contributed by atoms with van der Waals surface area (Å²) in [6.07, 6.45) is 1.69. The highest BCUT2D eigenvalue weighted by molar-refractivity contribution is 6.48. The molecule has 0 aliphatic heterocycles. The molecule has 0 bridgehead atoms. The second kappa shape index (κ2) is 4.32. The summed E-state index contributed by atoms with van der Waals surface area (Å²) < 4.78 is 0. The summed E-state index contributed by atoms with van der Waals surface area (Å²) in [5.74, 6) is -0.508. The van der Waals surface area contributed by atoms with Gasteiger partial charge in [-0.15, -0.1) is 0 Å². The number of rotatable bonds is 1. The van der Waals surface area contributed by atoms with Gasteiger partial charge in [-0.05, 0) is 18.1 Å². The average Bonchev–Trinajstić information content (AvgIpc) is 2.33. The van der Waals surface area contributed by atoms with Crippen LogP contribution in [-0.2, 0) is 10.3 Å². The van der Waals surface area contributed by atoms with Gasteiger partial charge in [-0.2, -0.15) is 0 Å². The van der Waals surface area contributed by atoms with E-state index in [9.17, 15) is 4.79 Å². The van der Waals surface area contributed by atoms with Crippen LogP contribution in [0.3, 0.4) is 0 Å². The van der Waals surface area contributed by atoms with Gasteiger partial charge < -0.3 is 5.73 Å². The molecular weight excluding hydrogens is 242 g/mol. The Bertz CT molecular complexity index is 544. The summed E-state index contributed by atoms with van der Waals surface area (Å²) in [4.78, 5) is 12.3. The van der Waals surface area contributed by atoms with Gasteiger partial charge in [0.15, 0.2) is 5.78 Å². The molecule has 0 amide bonds. The van der Waals surface area contributed by atoms with E-state index in [1.54, 1.807) is 24.3 Å². The van der Waals surface area contributed by atoms with E-state index >= 15 is 0 Å². The molecule has 0 spiro atoms. The zero-order valence-corrected chi connectivity index (χ0v) is 10.4. The monoisotopic (exact) mass is 251 g/mol. The molecule has 84 valence electrons. The van der Waals surface area contributed by atoms with E-state index < -0.39 is 16.5 Å². The molecular formula is C12H9B3ClNO. The van der Waals surface area contributed by atoms with E-state index in [4.69, 9.17) is 40.9 Å². The average molecular weight is 251 g/mol. The van der Waals surface area contributed by atoms with Crippen LogP contribution in [0.25, 0.3) is 0 Å². The second-order valence-corrected chi connectivity index (χ2v) is 4.93. The smallest absolute Gasteiger partial charge is 0.171 e. The number of ketones is 1. The number of carbonyl (C=O) groups is 1. The molecule has 1 aromatic rings. The molecule has 0 heterocycles. The Kier molecular flexibility index (Phi) is 3.24. The third-order valence-electron chi connectivity index (χ3n) is 3.31. The molecule has 2 rings (SSSR count). The van der Waals surface area contributed by atoms with Crippen molar-refractivity contribution in [1.29, 1.82) is 0 Å². The Morgan fingerprint density at radius 3 is 2.50 bits per heavy atom.